The second-order valence-electron chi connectivity index (χ2n) is 6.93. The molecule has 0 aliphatic rings. The van der Waals surface area contributed by atoms with E-state index in [-0.39, 0.29) is 5.91 Å². The van der Waals surface area contributed by atoms with Gasteiger partial charge in [0.2, 0.25) is 0 Å². The van der Waals surface area contributed by atoms with Crippen LogP contribution in [0.25, 0.3) is 0 Å². The largest absolute Gasteiger partial charge is 0.354 e. The highest BCUT2D eigenvalue weighted by Gasteiger charge is 2.15. The van der Waals surface area contributed by atoms with E-state index in [0.29, 0.717) is 36.1 Å². The Labute approximate surface area is 171 Å². The third-order valence-electron chi connectivity index (χ3n) is 4.28. The van der Waals surface area contributed by atoms with Crippen molar-refractivity contribution < 1.29 is 4.79 Å². The van der Waals surface area contributed by atoms with Crippen LogP contribution >= 0.6 is 11.6 Å². The molecule has 28 heavy (non-hydrogen) atoms. The summed E-state index contributed by atoms with van der Waals surface area (Å²) in [6.45, 7) is 5.99. The number of hydrogen-bond acceptors (Lipinski definition) is 3. The van der Waals surface area contributed by atoms with Gasteiger partial charge in [0, 0.05) is 52.5 Å². The van der Waals surface area contributed by atoms with Crippen LogP contribution in [0.5, 0.6) is 0 Å². The van der Waals surface area contributed by atoms with Crippen molar-refractivity contribution >= 4 is 23.5 Å². The van der Waals surface area contributed by atoms with Gasteiger partial charge in [0.05, 0.1) is 16.3 Å². The van der Waals surface area contributed by atoms with E-state index in [1.807, 2.05) is 29.9 Å². The average Bonchev–Trinajstić information content (AvgIpc) is 3.02. The minimum absolute atomic E-state index is 0.187. The summed E-state index contributed by atoms with van der Waals surface area (Å²) in [5, 5.41) is 11.1. The normalized spacial score (nSPS) is 11.6. The number of halogens is 1. The highest BCUT2D eigenvalue weighted by Crippen LogP contribution is 2.18. The second-order valence-corrected chi connectivity index (χ2v) is 7.34. The standard InChI is InChI=1S/C20H29ClN6O/c1-14(2)18-15(13-27(5)25-18)12-26(4)20(22-3)24-11-10-23-19(28)16-8-6-7-9-17(16)21/h6-9,13-14H,10-12H2,1-5H3,(H,22,24)(H,23,28). The van der Waals surface area contributed by atoms with Crippen LogP contribution in [0.4, 0.5) is 0 Å². The number of benzene rings is 1. The second kappa shape index (κ2) is 10.1. The summed E-state index contributed by atoms with van der Waals surface area (Å²) in [7, 11) is 5.66. The van der Waals surface area contributed by atoms with Crippen LogP contribution in [0.3, 0.4) is 0 Å². The van der Waals surface area contributed by atoms with Gasteiger partial charge in [-0.1, -0.05) is 37.6 Å². The van der Waals surface area contributed by atoms with Crippen molar-refractivity contribution in [3.8, 4) is 0 Å². The first kappa shape index (κ1) is 21.8. The Balaban J connectivity index is 1.86. The number of amides is 1. The molecule has 7 nitrogen and oxygen atoms in total. The quantitative estimate of drug-likeness (QED) is 0.422. The van der Waals surface area contributed by atoms with Gasteiger partial charge < -0.3 is 15.5 Å². The van der Waals surface area contributed by atoms with Crippen molar-refractivity contribution in [3.63, 3.8) is 0 Å². The maximum atomic E-state index is 12.2. The number of nitrogens with one attached hydrogen (secondary N) is 2. The van der Waals surface area contributed by atoms with E-state index in [0.717, 1.165) is 11.7 Å². The molecule has 1 aromatic carbocycles. The molecule has 0 aliphatic heterocycles. The predicted octanol–water partition coefficient (Wildman–Crippen LogP) is 2.63. The minimum Gasteiger partial charge on any atom is -0.354 e. The molecule has 0 bridgehead atoms. The molecule has 1 aromatic heterocycles. The molecule has 1 heterocycles. The van der Waals surface area contributed by atoms with Crippen molar-refractivity contribution in [3.05, 3.63) is 52.3 Å². The van der Waals surface area contributed by atoms with Crippen LogP contribution in [0, 0.1) is 0 Å². The Kier molecular flexibility index (Phi) is 7.87. The van der Waals surface area contributed by atoms with E-state index >= 15 is 0 Å². The predicted molar refractivity (Wildman–Crippen MR) is 114 cm³/mol. The highest BCUT2D eigenvalue weighted by atomic mass is 35.5. The molecule has 0 saturated heterocycles. The third kappa shape index (κ3) is 5.73. The Morgan fingerprint density at radius 3 is 2.61 bits per heavy atom. The highest BCUT2D eigenvalue weighted by molar-refractivity contribution is 6.33. The van der Waals surface area contributed by atoms with E-state index in [2.05, 4.69) is 34.6 Å². The van der Waals surface area contributed by atoms with E-state index in [4.69, 9.17) is 11.6 Å². The van der Waals surface area contributed by atoms with Crippen molar-refractivity contribution in [2.45, 2.75) is 26.3 Å². The molecule has 0 radical (unpaired) electrons. The van der Waals surface area contributed by atoms with Gasteiger partial charge in [-0.25, -0.2) is 0 Å². The Bertz CT molecular complexity index is 830. The first-order chi connectivity index (χ1) is 13.3. The lowest BCUT2D eigenvalue weighted by Gasteiger charge is -2.22. The maximum absolute atomic E-state index is 12.2. The summed E-state index contributed by atoms with van der Waals surface area (Å²) in [4.78, 5) is 18.6. The average molecular weight is 405 g/mol. The number of aromatic nitrogens is 2. The van der Waals surface area contributed by atoms with Crippen LogP contribution in [-0.2, 0) is 13.6 Å². The molecular weight excluding hydrogens is 376 g/mol. The zero-order chi connectivity index (χ0) is 20.7. The number of guanidine groups is 1. The van der Waals surface area contributed by atoms with E-state index in [1.54, 1.807) is 31.3 Å². The van der Waals surface area contributed by atoms with Crippen molar-refractivity contribution in [1.82, 2.24) is 25.3 Å². The summed E-state index contributed by atoms with van der Waals surface area (Å²) < 4.78 is 1.85. The Hall–Kier alpha value is -2.54. The summed E-state index contributed by atoms with van der Waals surface area (Å²) in [6, 6.07) is 7.00. The Morgan fingerprint density at radius 1 is 1.29 bits per heavy atom. The molecule has 0 aliphatic carbocycles. The number of rotatable bonds is 7. The van der Waals surface area contributed by atoms with Gasteiger partial charge >= 0.3 is 0 Å². The molecule has 2 aromatic rings. The molecule has 0 fully saturated rings. The SMILES string of the molecule is CN=C(NCCNC(=O)c1ccccc1Cl)N(C)Cc1cn(C)nc1C(C)C. The molecule has 0 spiro atoms. The zero-order valence-corrected chi connectivity index (χ0v) is 17.9. The number of hydrogen-bond donors (Lipinski definition) is 2. The minimum atomic E-state index is -0.187. The molecule has 2 N–H and O–H groups in total. The van der Waals surface area contributed by atoms with E-state index < -0.39 is 0 Å². The fourth-order valence-electron chi connectivity index (χ4n) is 2.97. The number of aliphatic imine (C=N–C) groups is 1. The van der Waals surface area contributed by atoms with Crippen LogP contribution < -0.4 is 10.6 Å². The zero-order valence-electron chi connectivity index (χ0n) is 17.2. The van der Waals surface area contributed by atoms with Crippen LogP contribution in [-0.4, -0.2) is 53.7 Å². The Morgan fingerprint density at radius 2 is 1.96 bits per heavy atom. The van der Waals surface area contributed by atoms with Crippen molar-refractivity contribution in [2.75, 3.05) is 27.2 Å². The summed E-state index contributed by atoms with van der Waals surface area (Å²) in [6.07, 6.45) is 2.04. The third-order valence-corrected chi connectivity index (χ3v) is 4.61. The molecule has 0 unspecified atom stereocenters. The number of carbonyl (C=O) groups excluding carboxylic acids is 1. The van der Waals surface area contributed by atoms with Crippen LogP contribution in [0.2, 0.25) is 5.02 Å². The smallest absolute Gasteiger partial charge is 0.252 e. The topological polar surface area (TPSA) is 74.6 Å². The number of aryl methyl sites for hydroxylation is 1. The lowest BCUT2D eigenvalue weighted by atomic mass is 10.1. The lowest BCUT2D eigenvalue weighted by molar-refractivity contribution is 0.0954. The molecule has 0 atom stereocenters. The fraction of sp³-hybridized carbons (Fsp3) is 0.450. The van der Waals surface area contributed by atoms with Gasteiger partial charge in [0.1, 0.15) is 0 Å². The van der Waals surface area contributed by atoms with E-state index in [1.165, 1.54) is 5.56 Å². The first-order valence-corrected chi connectivity index (χ1v) is 9.68. The summed E-state index contributed by atoms with van der Waals surface area (Å²) in [5.74, 6) is 0.929. The van der Waals surface area contributed by atoms with Crippen LogP contribution in [0.15, 0.2) is 35.5 Å². The van der Waals surface area contributed by atoms with Crippen molar-refractivity contribution in [2.24, 2.45) is 12.0 Å². The molecule has 152 valence electrons. The van der Waals surface area contributed by atoms with Crippen LogP contribution in [0.1, 0.15) is 41.4 Å². The van der Waals surface area contributed by atoms with Gasteiger partial charge in [0.15, 0.2) is 5.96 Å². The van der Waals surface area contributed by atoms with Gasteiger partial charge in [0.25, 0.3) is 5.91 Å². The molecule has 1 amide bonds. The molecular formula is C20H29ClN6O. The number of nitrogens with zero attached hydrogens (tertiary/aromatic N) is 4. The van der Waals surface area contributed by atoms with Gasteiger partial charge in [-0.3, -0.25) is 14.5 Å². The molecule has 8 heteroatoms. The van der Waals surface area contributed by atoms with Gasteiger partial charge in [-0.15, -0.1) is 0 Å². The van der Waals surface area contributed by atoms with Gasteiger partial charge in [-0.2, -0.15) is 5.10 Å². The first-order valence-electron chi connectivity index (χ1n) is 9.30. The lowest BCUT2D eigenvalue weighted by Crippen LogP contribution is -2.42. The molecule has 0 saturated carbocycles. The maximum Gasteiger partial charge on any atom is 0.252 e. The summed E-state index contributed by atoms with van der Waals surface area (Å²) >= 11 is 6.05. The molecule has 2 rings (SSSR count). The monoisotopic (exact) mass is 404 g/mol. The fourth-order valence-corrected chi connectivity index (χ4v) is 3.19. The number of carbonyl (C=O) groups is 1. The van der Waals surface area contributed by atoms with Gasteiger partial charge in [-0.05, 0) is 18.1 Å². The van der Waals surface area contributed by atoms with E-state index in [9.17, 15) is 4.79 Å². The summed E-state index contributed by atoms with van der Waals surface area (Å²) in [5.41, 5.74) is 2.75. The van der Waals surface area contributed by atoms with Crippen molar-refractivity contribution in [1.29, 1.82) is 0 Å².